The molecule has 0 amide bonds. The van der Waals surface area contributed by atoms with Crippen LogP contribution in [0, 0.1) is 34.5 Å². The summed E-state index contributed by atoms with van der Waals surface area (Å²) >= 11 is 0. The highest BCUT2D eigenvalue weighted by atomic mass is 14.6. The van der Waals surface area contributed by atoms with Crippen molar-refractivity contribution in [1.82, 2.24) is 0 Å². The third-order valence-corrected chi connectivity index (χ3v) is 8.73. The van der Waals surface area contributed by atoms with Gasteiger partial charge in [-0.05, 0) is 92.3 Å². The van der Waals surface area contributed by atoms with E-state index in [0.29, 0.717) is 10.8 Å². The quantitative estimate of drug-likeness (QED) is 0.498. The van der Waals surface area contributed by atoms with Gasteiger partial charge in [0.15, 0.2) is 0 Å². The van der Waals surface area contributed by atoms with Gasteiger partial charge in [-0.2, -0.15) is 0 Å². The summed E-state index contributed by atoms with van der Waals surface area (Å²) in [6, 6.07) is 0. The van der Waals surface area contributed by atoms with Crippen LogP contribution in [0.15, 0.2) is 36.5 Å². The molecule has 3 saturated carbocycles. The van der Waals surface area contributed by atoms with Crippen molar-refractivity contribution in [3.8, 4) is 0 Å². The third kappa shape index (κ3) is 2.16. The molecule has 0 radical (unpaired) electrons. The van der Waals surface area contributed by atoms with Gasteiger partial charge in [-0.1, -0.05) is 43.7 Å². The van der Waals surface area contributed by atoms with Crippen molar-refractivity contribution in [3.63, 3.8) is 0 Å². The maximum atomic E-state index is 4.25. The fraction of sp³-hybridized carbons (Fsp3) is 0.739. The summed E-state index contributed by atoms with van der Waals surface area (Å²) < 4.78 is 0. The van der Waals surface area contributed by atoms with Crippen LogP contribution in [0.3, 0.4) is 0 Å². The second-order valence-corrected chi connectivity index (χ2v) is 9.50. The van der Waals surface area contributed by atoms with E-state index in [1.165, 1.54) is 63.4 Å². The Bertz CT molecular complexity index is 552. The molecule has 0 spiro atoms. The first-order chi connectivity index (χ1) is 11.0. The fourth-order valence-corrected chi connectivity index (χ4v) is 7.35. The minimum Gasteiger partial charge on any atom is -0.103 e. The lowest BCUT2D eigenvalue weighted by Gasteiger charge is -2.58. The number of fused-ring (bicyclic) bond motifs is 5. The first-order valence-corrected chi connectivity index (χ1v) is 9.99. The average molecular weight is 311 g/mol. The second-order valence-electron chi connectivity index (χ2n) is 9.50. The smallest absolute Gasteiger partial charge is 0.00790 e. The van der Waals surface area contributed by atoms with Gasteiger partial charge in [0.25, 0.3) is 0 Å². The van der Waals surface area contributed by atoms with Crippen molar-refractivity contribution < 1.29 is 0 Å². The molecule has 0 heteroatoms. The van der Waals surface area contributed by atoms with E-state index in [-0.39, 0.29) is 0 Å². The highest BCUT2D eigenvalue weighted by molar-refractivity contribution is 5.33. The van der Waals surface area contributed by atoms with Crippen LogP contribution in [0.4, 0.5) is 0 Å². The van der Waals surface area contributed by atoms with Crippen LogP contribution in [0.2, 0.25) is 0 Å². The molecule has 126 valence electrons. The summed E-state index contributed by atoms with van der Waals surface area (Å²) in [6.07, 6.45) is 17.1. The van der Waals surface area contributed by atoms with E-state index in [4.69, 9.17) is 0 Å². The molecule has 0 aromatic carbocycles. The van der Waals surface area contributed by atoms with Gasteiger partial charge in [0.05, 0.1) is 0 Å². The molecule has 0 bridgehead atoms. The Morgan fingerprint density at radius 2 is 1.91 bits per heavy atom. The topological polar surface area (TPSA) is 0 Å². The van der Waals surface area contributed by atoms with E-state index < -0.39 is 0 Å². The standard InChI is InChI=1S/C23H34/c1-5-6-17-8-10-20-19-9-7-18-15-16(2)11-13-23(18,4)21(19)12-14-22(17,20)3/h5,15,17,19-21H,1-2,6-14H2,3-4H3. The van der Waals surface area contributed by atoms with Crippen molar-refractivity contribution in [2.45, 2.75) is 71.6 Å². The lowest BCUT2D eigenvalue weighted by Crippen LogP contribution is -2.50. The Balaban J connectivity index is 1.64. The molecule has 0 saturated heterocycles. The van der Waals surface area contributed by atoms with Gasteiger partial charge >= 0.3 is 0 Å². The number of rotatable bonds is 2. The van der Waals surface area contributed by atoms with E-state index in [0.717, 1.165) is 23.7 Å². The van der Waals surface area contributed by atoms with Crippen molar-refractivity contribution >= 4 is 0 Å². The summed E-state index contributed by atoms with van der Waals surface area (Å²) in [5.74, 6) is 3.81. The summed E-state index contributed by atoms with van der Waals surface area (Å²) in [6.45, 7) is 13.5. The van der Waals surface area contributed by atoms with Crippen LogP contribution in [0.5, 0.6) is 0 Å². The van der Waals surface area contributed by atoms with Crippen LogP contribution in [0.1, 0.15) is 71.6 Å². The molecule has 4 rings (SSSR count). The van der Waals surface area contributed by atoms with Crippen LogP contribution in [-0.2, 0) is 0 Å². The van der Waals surface area contributed by atoms with E-state index >= 15 is 0 Å². The molecule has 3 fully saturated rings. The van der Waals surface area contributed by atoms with E-state index in [2.05, 4.69) is 39.2 Å². The molecule has 23 heavy (non-hydrogen) atoms. The lowest BCUT2D eigenvalue weighted by atomic mass is 9.46. The molecular weight excluding hydrogens is 276 g/mol. The Kier molecular flexibility index (Phi) is 3.67. The molecule has 6 atom stereocenters. The number of hydrogen-bond acceptors (Lipinski definition) is 0. The molecule has 0 aromatic heterocycles. The molecule has 0 aromatic rings. The highest BCUT2D eigenvalue weighted by Crippen LogP contribution is 2.67. The summed E-state index contributed by atoms with van der Waals surface area (Å²) in [5, 5.41) is 0. The zero-order valence-electron chi connectivity index (χ0n) is 15.2. The van der Waals surface area contributed by atoms with Crippen LogP contribution < -0.4 is 0 Å². The summed E-state index contributed by atoms with van der Waals surface area (Å²) in [5.41, 5.74) is 4.22. The van der Waals surface area contributed by atoms with Gasteiger partial charge < -0.3 is 0 Å². The molecule has 6 unspecified atom stereocenters. The molecular formula is C23H34. The van der Waals surface area contributed by atoms with Gasteiger partial charge in [0, 0.05) is 0 Å². The molecule has 0 nitrogen and oxygen atoms in total. The minimum absolute atomic E-state index is 0.488. The summed E-state index contributed by atoms with van der Waals surface area (Å²) in [7, 11) is 0. The van der Waals surface area contributed by atoms with E-state index in [1.807, 2.05) is 0 Å². The molecule has 4 aliphatic rings. The van der Waals surface area contributed by atoms with Gasteiger partial charge in [-0.3, -0.25) is 0 Å². The van der Waals surface area contributed by atoms with Crippen molar-refractivity contribution in [1.29, 1.82) is 0 Å². The monoisotopic (exact) mass is 310 g/mol. The maximum Gasteiger partial charge on any atom is -0.00790 e. The SMILES string of the molecule is C=CCC1CCC2C3CCC4=CC(=C)CCC4(C)C3CCC12C. The second kappa shape index (κ2) is 5.36. The zero-order chi connectivity index (χ0) is 16.2. The van der Waals surface area contributed by atoms with Gasteiger partial charge in [-0.25, -0.2) is 0 Å². The zero-order valence-corrected chi connectivity index (χ0v) is 15.2. The first-order valence-electron chi connectivity index (χ1n) is 9.99. The van der Waals surface area contributed by atoms with E-state index in [1.54, 1.807) is 5.57 Å². The Morgan fingerprint density at radius 1 is 1.09 bits per heavy atom. The maximum absolute atomic E-state index is 4.25. The minimum atomic E-state index is 0.488. The fourth-order valence-electron chi connectivity index (χ4n) is 7.35. The van der Waals surface area contributed by atoms with Crippen molar-refractivity contribution in [3.05, 3.63) is 36.5 Å². The normalized spacial score (nSPS) is 49.0. The largest absolute Gasteiger partial charge is 0.103 e. The third-order valence-electron chi connectivity index (χ3n) is 8.73. The Hall–Kier alpha value is -0.780. The first kappa shape index (κ1) is 15.7. The molecule has 0 aliphatic heterocycles. The Labute approximate surface area is 143 Å². The molecule has 0 N–H and O–H groups in total. The molecule has 0 heterocycles. The van der Waals surface area contributed by atoms with Crippen molar-refractivity contribution in [2.75, 3.05) is 0 Å². The van der Waals surface area contributed by atoms with Crippen LogP contribution >= 0.6 is 0 Å². The predicted molar refractivity (Wildman–Crippen MR) is 99.1 cm³/mol. The van der Waals surface area contributed by atoms with Crippen LogP contribution in [0.25, 0.3) is 0 Å². The van der Waals surface area contributed by atoms with Gasteiger partial charge in [-0.15, -0.1) is 6.58 Å². The Morgan fingerprint density at radius 3 is 2.70 bits per heavy atom. The predicted octanol–water partition coefficient (Wildman–Crippen LogP) is 6.70. The lowest BCUT2D eigenvalue weighted by molar-refractivity contribution is -0.0494. The van der Waals surface area contributed by atoms with Crippen LogP contribution in [-0.4, -0.2) is 0 Å². The summed E-state index contributed by atoms with van der Waals surface area (Å²) in [4.78, 5) is 0. The molecule has 4 aliphatic carbocycles. The van der Waals surface area contributed by atoms with E-state index in [9.17, 15) is 0 Å². The number of allylic oxidation sites excluding steroid dienone is 4. The number of hydrogen-bond donors (Lipinski definition) is 0. The highest BCUT2D eigenvalue weighted by Gasteiger charge is 2.58. The van der Waals surface area contributed by atoms with Gasteiger partial charge in [0.1, 0.15) is 0 Å². The van der Waals surface area contributed by atoms with Gasteiger partial charge in [0.2, 0.25) is 0 Å². The average Bonchev–Trinajstić information content (AvgIpc) is 2.85. The van der Waals surface area contributed by atoms with Crippen molar-refractivity contribution in [2.24, 2.45) is 34.5 Å².